The first-order valence-corrected chi connectivity index (χ1v) is 8.94. The van der Waals surface area contributed by atoms with E-state index in [1.807, 2.05) is 11.3 Å². The van der Waals surface area contributed by atoms with Gasteiger partial charge in [-0.1, -0.05) is 43.2 Å². The Kier molecular flexibility index (Phi) is 7.17. The molecule has 0 aliphatic heterocycles. The smallest absolute Gasteiger partial charge is 0.303 e. The molecule has 118 valence electrons. The fourth-order valence-electron chi connectivity index (χ4n) is 2.56. The molecule has 0 saturated heterocycles. The van der Waals surface area contributed by atoms with Crippen molar-refractivity contribution in [1.29, 1.82) is 0 Å². The van der Waals surface area contributed by atoms with Crippen molar-refractivity contribution in [1.82, 2.24) is 0 Å². The van der Waals surface area contributed by atoms with Crippen LogP contribution in [0.2, 0.25) is 0 Å². The van der Waals surface area contributed by atoms with Crippen LogP contribution in [0.25, 0.3) is 0 Å². The lowest BCUT2D eigenvalue weighted by Crippen LogP contribution is -1.93. The summed E-state index contributed by atoms with van der Waals surface area (Å²) < 4.78 is 0. The van der Waals surface area contributed by atoms with Crippen LogP contribution in [0.4, 0.5) is 0 Å². The fraction of sp³-hybridized carbons (Fsp3) is 0.421. The van der Waals surface area contributed by atoms with E-state index in [1.165, 1.54) is 16.0 Å². The highest BCUT2D eigenvalue weighted by atomic mass is 32.1. The van der Waals surface area contributed by atoms with E-state index in [4.69, 9.17) is 5.11 Å². The van der Waals surface area contributed by atoms with Gasteiger partial charge < -0.3 is 5.11 Å². The van der Waals surface area contributed by atoms with Crippen LogP contribution in [0, 0.1) is 0 Å². The molecule has 2 rings (SSSR count). The first-order chi connectivity index (χ1) is 10.7. The summed E-state index contributed by atoms with van der Waals surface area (Å²) in [4.78, 5) is 11.9. The van der Waals surface area contributed by atoms with Gasteiger partial charge in [0.1, 0.15) is 0 Å². The molecule has 0 unspecified atom stereocenters. The van der Waals surface area contributed by atoms with Crippen LogP contribution in [0.5, 0.6) is 0 Å². The number of aliphatic carboxylic acids is 1. The number of hydrogen-bond donors (Lipinski definition) is 1. The Bertz CT molecular complexity index is 560. The van der Waals surface area contributed by atoms with Gasteiger partial charge in [-0.25, -0.2) is 0 Å². The number of carbonyl (C=O) groups is 1. The van der Waals surface area contributed by atoms with E-state index in [0.717, 1.165) is 44.9 Å². The Morgan fingerprint density at radius 3 is 2.45 bits per heavy atom. The minimum Gasteiger partial charge on any atom is -0.481 e. The summed E-state index contributed by atoms with van der Waals surface area (Å²) in [5.41, 5.74) is 2.84. The number of unbranched alkanes of at least 4 members (excludes halogenated alkanes) is 3. The van der Waals surface area contributed by atoms with Crippen molar-refractivity contribution in [3.63, 3.8) is 0 Å². The molecule has 0 spiro atoms. The molecular formula is C19H24O2S. The molecule has 0 radical (unpaired) electrons. The van der Waals surface area contributed by atoms with Crippen molar-refractivity contribution in [3.8, 4) is 0 Å². The number of thiophene rings is 1. The van der Waals surface area contributed by atoms with E-state index >= 15 is 0 Å². The van der Waals surface area contributed by atoms with Gasteiger partial charge in [-0.2, -0.15) is 0 Å². The van der Waals surface area contributed by atoms with Crippen molar-refractivity contribution < 1.29 is 9.90 Å². The summed E-state index contributed by atoms with van der Waals surface area (Å²) in [7, 11) is 0. The van der Waals surface area contributed by atoms with E-state index < -0.39 is 5.97 Å². The highest BCUT2D eigenvalue weighted by Gasteiger charge is 2.02. The van der Waals surface area contributed by atoms with E-state index in [2.05, 4.69) is 41.8 Å². The largest absolute Gasteiger partial charge is 0.481 e. The van der Waals surface area contributed by atoms with Crippen LogP contribution in [-0.4, -0.2) is 11.1 Å². The molecule has 0 aliphatic carbocycles. The van der Waals surface area contributed by atoms with Gasteiger partial charge in [0.2, 0.25) is 0 Å². The van der Waals surface area contributed by atoms with Gasteiger partial charge in [-0.05, 0) is 54.7 Å². The Hall–Kier alpha value is -1.61. The number of hydrogen-bond acceptors (Lipinski definition) is 2. The van der Waals surface area contributed by atoms with Gasteiger partial charge in [-0.3, -0.25) is 4.79 Å². The quantitative estimate of drug-likeness (QED) is 0.618. The molecule has 1 aromatic heterocycles. The SMILES string of the molecule is O=C(O)CCCCCCc1csc(CCc2ccccc2)c1. The van der Waals surface area contributed by atoms with Gasteiger partial charge >= 0.3 is 5.97 Å². The highest BCUT2D eigenvalue weighted by Crippen LogP contribution is 2.19. The lowest BCUT2D eigenvalue weighted by Gasteiger charge is -2.00. The second-order valence-electron chi connectivity index (χ2n) is 5.71. The predicted molar refractivity (Wildman–Crippen MR) is 92.6 cm³/mol. The normalized spacial score (nSPS) is 10.7. The standard InChI is InChI=1S/C19H24O2S/c20-19(21)11-7-2-1-4-10-17-14-18(22-15-17)13-12-16-8-5-3-6-9-16/h3,5-6,8-9,14-15H,1-2,4,7,10-13H2,(H,20,21). The Labute approximate surface area is 136 Å². The molecule has 1 heterocycles. The van der Waals surface area contributed by atoms with Crippen molar-refractivity contribution in [2.24, 2.45) is 0 Å². The van der Waals surface area contributed by atoms with Crippen LogP contribution < -0.4 is 0 Å². The molecule has 0 bridgehead atoms. The van der Waals surface area contributed by atoms with Gasteiger partial charge in [0.25, 0.3) is 0 Å². The summed E-state index contributed by atoms with van der Waals surface area (Å²) in [5, 5.41) is 10.9. The number of aryl methyl sites for hydroxylation is 3. The number of carboxylic acid groups (broad SMARTS) is 1. The van der Waals surface area contributed by atoms with E-state index in [9.17, 15) is 4.79 Å². The molecule has 22 heavy (non-hydrogen) atoms. The molecular weight excluding hydrogens is 292 g/mol. The molecule has 2 nitrogen and oxygen atoms in total. The third-order valence-electron chi connectivity index (χ3n) is 3.82. The van der Waals surface area contributed by atoms with Gasteiger partial charge in [-0.15, -0.1) is 11.3 Å². The van der Waals surface area contributed by atoms with Gasteiger partial charge in [0.15, 0.2) is 0 Å². The van der Waals surface area contributed by atoms with Gasteiger partial charge in [0, 0.05) is 11.3 Å². The van der Waals surface area contributed by atoms with Crippen LogP contribution in [-0.2, 0) is 24.1 Å². The topological polar surface area (TPSA) is 37.3 Å². The van der Waals surface area contributed by atoms with Crippen molar-refractivity contribution in [2.75, 3.05) is 0 Å². The van der Waals surface area contributed by atoms with E-state index in [1.54, 1.807) is 0 Å². The zero-order chi connectivity index (χ0) is 15.6. The summed E-state index contributed by atoms with van der Waals surface area (Å²) >= 11 is 1.86. The Morgan fingerprint density at radius 1 is 0.909 bits per heavy atom. The van der Waals surface area contributed by atoms with Crippen LogP contribution >= 0.6 is 11.3 Å². The third-order valence-corrected chi connectivity index (χ3v) is 4.86. The summed E-state index contributed by atoms with van der Waals surface area (Å²) in [6.45, 7) is 0. The Morgan fingerprint density at radius 2 is 1.68 bits per heavy atom. The lowest BCUT2D eigenvalue weighted by atomic mass is 10.1. The number of carboxylic acids is 1. The average molecular weight is 316 g/mol. The third kappa shape index (κ3) is 6.44. The maximum Gasteiger partial charge on any atom is 0.303 e. The van der Waals surface area contributed by atoms with Crippen molar-refractivity contribution in [3.05, 3.63) is 57.8 Å². The molecule has 1 N–H and O–H groups in total. The maximum atomic E-state index is 10.4. The van der Waals surface area contributed by atoms with E-state index in [-0.39, 0.29) is 0 Å². The van der Waals surface area contributed by atoms with Crippen molar-refractivity contribution in [2.45, 2.75) is 51.4 Å². The van der Waals surface area contributed by atoms with Crippen molar-refractivity contribution >= 4 is 17.3 Å². The number of benzene rings is 1. The van der Waals surface area contributed by atoms with E-state index in [0.29, 0.717) is 6.42 Å². The zero-order valence-electron chi connectivity index (χ0n) is 13.0. The molecule has 3 heteroatoms. The Balaban J connectivity index is 1.63. The lowest BCUT2D eigenvalue weighted by molar-refractivity contribution is -0.137. The molecule has 0 saturated carbocycles. The summed E-state index contributed by atoms with van der Waals surface area (Å²) in [5.74, 6) is -0.680. The maximum absolute atomic E-state index is 10.4. The summed E-state index contributed by atoms with van der Waals surface area (Å²) in [6, 6.07) is 13.0. The van der Waals surface area contributed by atoms with Crippen LogP contribution in [0.15, 0.2) is 41.8 Å². The molecule has 1 aromatic carbocycles. The minimum absolute atomic E-state index is 0.308. The number of rotatable bonds is 10. The zero-order valence-corrected chi connectivity index (χ0v) is 13.8. The van der Waals surface area contributed by atoms with Gasteiger partial charge in [0.05, 0.1) is 0 Å². The highest BCUT2D eigenvalue weighted by molar-refractivity contribution is 7.10. The first-order valence-electron chi connectivity index (χ1n) is 8.06. The molecule has 0 fully saturated rings. The molecule has 0 aliphatic rings. The second kappa shape index (κ2) is 9.42. The van der Waals surface area contributed by atoms with Crippen LogP contribution in [0.3, 0.4) is 0 Å². The predicted octanol–water partition coefficient (Wildman–Crippen LogP) is 5.11. The monoisotopic (exact) mass is 316 g/mol. The molecule has 2 aromatic rings. The second-order valence-corrected chi connectivity index (χ2v) is 6.71. The first kappa shape index (κ1) is 16.8. The minimum atomic E-state index is -0.680. The summed E-state index contributed by atoms with van der Waals surface area (Å²) in [6.07, 6.45) is 7.77. The molecule has 0 atom stereocenters. The fourth-order valence-corrected chi connectivity index (χ4v) is 3.49. The molecule has 0 amide bonds. The van der Waals surface area contributed by atoms with Crippen LogP contribution in [0.1, 0.15) is 48.1 Å². The average Bonchev–Trinajstić information content (AvgIpc) is 2.97.